The SMILES string of the molecule is NNc1cnc(C(=O)NCC2CCCS2)cn1. The number of amides is 1. The molecule has 17 heavy (non-hydrogen) atoms. The number of hydrazine groups is 1. The third kappa shape index (κ3) is 3.31. The molecule has 0 saturated carbocycles. The summed E-state index contributed by atoms with van der Waals surface area (Å²) in [6, 6.07) is 0. The second-order valence-electron chi connectivity index (χ2n) is 3.78. The van der Waals surface area contributed by atoms with Crippen LogP contribution in [0, 0.1) is 0 Å². The quantitative estimate of drug-likeness (QED) is 0.531. The molecule has 0 spiro atoms. The molecule has 0 aromatic carbocycles. The van der Waals surface area contributed by atoms with E-state index in [1.165, 1.54) is 31.0 Å². The van der Waals surface area contributed by atoms with Gasteiger partial charge in [-0.1, -0.05) is 0 Å². The molecule has 1 aromatic rings. The number of aromatic nitrogens is 2. The van der Waals surface area contributed by atoms with Crippen LogP contribution in [0.25, 0.3) is 0 Å². The first-order valence-corrected chi connectivity index (χ1v) is 6.53. The number of nitrogens with two attached hydrogens (primary N) is 1. The van der Waals surface area contributed by atoms with Crippen molar-refractivity contribution < 1.29 is 4.79 Å². The van der Waals surface area contributed by atoms with Crippen LogP contribution >= 0.6 is 11.8 Å². The second kappa shape index (κ2) is 5.83. The molecule has 1 fully saturated rings. The molecule has 0 aliphatic carbocycles. The highest BCUT2D eigenvalue weighted by Gasteiger charge is 2.17. The summed E-state index contributed by atoms with van der Waals surface area (Å²) in [5.74, 6) is 6.60. The maximum absolute atomic E-state index is 11.7. The first-order valence-electron chi connectivity index (χ1n) is 5.48. The summed E-state index contributed by atoms with van der Waals surface area (Å²) in [5.41, 5.74) is 2.67. The molecule has 1 unspecified atom stereocenters. The lowest BCUT2D eigenvalue weighted by Crippen LogP contribution is -2.30. The smallest absolute Gasteiger partial charge is 0.271 e. The van der Waals surface area contributed by atoms with Crippen molar-refractivity contribution in [1.29, 1.82) is 0 Å². The van der Waals surface area contributed by atoms with Gasteiger partial charge in [0.25, 0.3) is 5.91 Å². The summed E-state index contributed by atoms with van der Waals surface area (Å²) in [5, 5.41) is 3.40. The summed E-state index contributed by atoms with van der Waals surface area (Å²) in [6.45, 7) is 0.696. The van der Waals surface area contributed by atoms with Crippen molar-refractivity contribution in [2.75, 3.05) is 17.7 Å². The zero-order valence-electron chi connectivity index (χ0n) is 9.35. The Balaban J connectivity index is 1.85. The highest BCUT2D eigenvalue weighted by Crippen LogP contribution is 2.25. The average molecular weight is 253 g/mol. The number of hydrogen-bond donors (Lipinski definition) is 3. The summed E-state index contributed by atoms with van der Waals surface area (Å²) < 4.78 is 0. The van der Waals surface area contributed by atoms with Crippen LogP contribution in [0.2, 0.25) is 0 Å². The predicted molar refractivity (Wildman–Crippen MR) is 67.7 cm³/mol. The van der Waals surface area contributed by atoms with Crippen molar-refractivity contribution in [3.8, 4) is 0 Å². The largest absolute Gasteiger partial charge is 0.350 e. The molecule has 6 nitrogen and oxygen atoms in total. The van der Waals surface area contributed by atoms with Crippen molar-refractivity contribution in [2.45, 2.75) is 18.1 Å². The van der Waals surface area contributed by atoms with E-state index in [-0.39, 0.29) is 5.91 Å². The highest BCUT2D eigenvalue weighted by molar-refractivity contribution is 8.00. The van der Waals surface area contributed by atoms with Gasteiger partial charge in [-0.05, 0) is 18.6 Å². The van der Waals surface area contributed by atoms with Crippen LogP contribution in [0.3, 0.4) is 0 Å². The minimum atomic E-state index is -0.187. The summed E-state index contributed by atoms with van der Waals surface area (Å²) >= 11 is 1.91. The second-order valence-corrected chi connectivity index (χ2v) is 5.18. The van der Waals surface area contributed by atoms with E-state index >= 15 is 0 Å². The fourth-order valence-corrected chi connectivity index (χ4v) is 2.82. The Morgan fingerprint density at radius 2 is 2.41 bits per heavy atom. The van der Waals surface area contributed by atoms with E-state index in [1.54, 1.807) is 0 Å². The standard InChI is InChI=1S/C10H15N5OS/c11-15-9-6-12-8(5-13-9)10(16)14-4-7-2-1-3-17-7/h5-7H,1-4,11H2,(H,13,15)(H,14,16). The van der Waals surface area contributed by atoms with Gasteiger partial charge in [-0.15, -0.1) is 0 Å². The van der Waals surface area contributed by atoms with Crippen molar-refractivity contribution in [3.05, 3.63) is 18.1 Å². The van der Waals surface area contributed by atoms with Gasteiger partial charge in [0.05, 0.1) is 12.4 Å². The van der Waals surface area contributed by atoms with Gasteiger partial charge >= 0.3 is 0 Å². The Bertz CT molecular complexity index is 377. The molecule has 1 aliphatic heterocycles. The minimum absolute atomic E-state index is 0.187. The minimum Gasteiger partial charge on any atom is -0.350 e. The molecular formula is C10H15N5OS. The number of thioether (sulfide) groups is 1. The van der Waals surface area contributed by atoms with Crippen LogP contribution in [0.4, 0.5) is 5.82 Å². The lowest BCUT2D eigenvalue weighted by atomic mass is 10.2. The average Bonchev–Trinajstić information content (AvgIpc) is 2.89. The molecule has 1 atom stereocenters. The molecule has 4 N–H and O–H groups in total. The van der Waals surface area contributed by atoms with Crippen LogP contribution in [0.15, 0.2) is 12.4 Å². The molecule has 0 bridgehead atoms. The number of nitrogens with one attached hydrogen (secondary N) is 2. The van der Waals surface area contributed by atoms with Gasteiger partial charge in [0, 0.05) is 11.8 Å². The van der Waals surface area contributed by atoms with E-state index in [4.69, 9.17) is 5.84 Å². The van der Waals surface area contributed by atoms with Gasteiger partial charge in [-0.2, -0.15) is 11.8 Å². The molecule has 1 aromatic heterocycles. The third-order valence-electron chi connectivity index (χ3n) is 2.55. The Hall–Kier alpha value is -1.34. The first-order chi connectivity index (χ1) is 8.29. The lowest BCUT2D eigenvalue weighted by molar-refractivity contribution is 0.0948. The van der Waals surface area contributed by atoms with Crippen molar-refractivity contribution in [2.24, 2.45) is 5.84 Å². The zero-order valence-corrected chi connectivity index (χ0v) is 10.2. The number of carbonyl (C=O) groups is 1. The van der Waals surface area contributed by atoms with Crippen molar-refractivity contribution in [3.63, 3.8) is 0 Å². The Kier molecular flexibility index (Phi) is 4.16. The predicted octanol–water partition coefficient (Wildman–Crippen LogP) is 0.388. The topological polar surface area (TPSA) is 92.9 Å². The van der Waals surface area contributed by atoms with Gasteiger partial charge in [0.1, 0.15) is 5.69 Å². The Labute approximate surface area is 104 Å². The number of hydrogen-bond acceptors (Lipinski definition) is 6. The van der Waals surface area contributed by atoms with Gasteiger partial charge in [-0.25, -0.2) is 15.8 Å². The zero-order chi connectivity index (χ0) is 12.1. The Morgan fingerprint density at radius 1 is 1.53 bits per heavy atom. The number of rotatable bonds is 4. The molecule has 2 heterocycles. The number of carbonyl (C=O) groups excluding carboxylic acids is 1. The Morgan fingerprint density at radius 3 is 3.00 bits per heavy atom. The molecule has 7 heteroatoms. The van der Waals surface area contributed by atoms with Crippen LogP contribution in [0.1, 0.15) is 23.3 Å². The summed E-state index contributed by atoms with van der Waals surface area (Å²) in [4.78, 5) is 19.6. The van der Waals surface area contributed by atoms with Crippen LogP contribution in [0.5, 0.6) is 0 Å². The molecule has 2 rings (SSSR count). The number of anilines is 1. The van der Waals surface area contributed by atoms with E-state index in [2.05, 4.69) is 20.7 Å². The van der Waals surface area contributed by atoms with Crippen LogP contribution < -0.4 is 16.6 Å². The fourth-order valence-electron chi connectivity index (χ4n) is 1.62. The monoisotopic (exact) mass is 253 g/mol. The van der Waals surface area contributed by atoms with Crippen LogP contribution in [-0.4, -0.2) is 33.4 Å². The van der Waals surface area contributed by atoms with E-state index in [0.29, 0.717) is 23.3 Å². The van der Waals surface area contributed by atoms with E-state index in [0.717, 1.165) is 0 Å². The first kappa shape index (κ1) is 12.1. The van der Waals surface area contributed by atoms with E-state index in [1.807, 2.05) is 11.8 Å². The molecule has 0 radical (unpaired) electrons. The maximum Gasteiger partial charge on any atom is 0.271 e. The molecule has 92 valence electrons. The third-order valence-corrected chi connectivity index (χ3v) is 3.94. The van der Waals surface area contributed by atoms with Crippen molar-refractivity contribution in [1.82, 2.24) is 15.3 Å². The summed E-state index contributed by atoms with van der Waals surface area (Å²) in [7, 11) is 0. The normalized spacial score (nSPS) is 19.0. The van der Waals surface area contributed by atoms with Gasteiger partial charge in [-0.3, -0.25) is 4.79 Å². The molecule has 1 aliphatic rings. The highest BCUT2D eigenvalue weighted by atomic mass is 32.2. The molecule has 1 saturated heterocycles. The van der Waals surface area contributed by atoms with Gasteiger partial charge in [0.15, 0.2) is 5.82 Å². The number of nitrogen functional groups attached to an aromatic ring is 1. The van der Waals surface area contributed by atoms with Crippen LogP contribution in [-0.2, 0) is 0 Å². The lowest BCUT2D eigenvalue weighted by Gasteiger charge is -2.09. The molecule has 1 amide bonds. The van der Waals surface area contributed by atoms with Gasteiger partial charge < -0.3 is 10.7 Å². The van der Waals surface area contributed by atoms with Crippen molar-refractivity contribution >= 4 is 23.5 Å². The van der Waals surface area contributed by atoms with Gasteiger partial charge in [0.2, 0.25) is 0 Å². The molecular weight excluding hydrogens is 238 g/mol. The number of nitrogens with zero attached hydrogens (tertiary/aromatic N) is 2. The fraction of sp³-hybridized carbons (Fsp3) is 0.500. The van der Waals surface area contributed by atoms with E-state index < -0.39 is 0 Å². The van der Waals surface area contributed by atoms with E-state index in [9.17, 15) is 4.79 Å². The summed E-state index contributed by atoms with van der Waals surface area (Å²) in [6.07, 6.45) is 5.25. The maximum atomic E-state index is 11.7.